The number of amides is 1. The molecule has 2 saturated heterocycles. The lowest BCUT2D eigenvalue weighted by Gasteiger charge is -2.38. The van der Waals surface area contributed by atoms with E-state index in [2.05, 4.69) is 9.80 Å². The van der Waals surface area contributed by atoms with E-state index in [-0.39, 0.29) is 12.0 Å². The molecule has 0 radical (unpaired) electrons. The first-order valence-corrected chi connectivity index (χ1v) is 9.07. The van der Waals surface area contributed by atoms with Crippen LogP contribution in [0, 0.1) is 11.8 Å². The van der Waals surface area contributed by atoms with Gasteiger partial charge in [-0.05, 0) is 38.0 Å². The van der Waals surface area contributed by atoms with Crippen LogP contribution in [0.1, 0.15) is 38.5 Å². The Labute approximate surface area is 134 Å². The third-order valence-corrected chi connectivity index (χ3v) is 5.61. The minimum Gasteiger partial charge on any atom is -0.379 e. The maximum absolute atomic E-state index is 12.6. The summed E-state index contributed by atoms with van der Waals surface area (Å²) in [7, 11) is 0. The van der Waals surface area contributed by atoms with Crippen LogP contribution in [0.5, 0.6) is 0 Å². The van der Waals surface area contributed by atoms with Crippen LogP contribution in [0.3, 0.4) is 0 Å². The second kappa shape index (κ2) is 7.75. The Balaban J connectivity index is 1.41. The fourth-order valence-electron chi connectivity index (χ4n) is 4.19. The van der Waals surface area contributed by atoms with Crippen molar-refractivity contribution in [1.29, 1.82) is 0 Å². The number of morpholine rings is 1. The van der Waals surface area contributed by atoms with Crippen molar-refractivity contribution in [3.63, 3.8) is 0 Å². The zero-order valence-corrected chi connectivity index (χ0v) is 13.7. The van der Waals surface area contributed by atoms with E-state index in [0.29, 0.717) is 5.91 Å². The van der Waals surface area contributed by atoms with Gasteiger partial charge in [-0.1, -0.05) is 6.42 Å². The SMILES string of the molecule is NC1CCCC(C(=O)N2CCC(CN3CCOCC3)CC2)C1. The molecule has 1 amide bonds. The molecule has 22 heavy (non-hydrogen) atoms. The monoisotopic (exact) mass is 309 g/mol. The summed E-state index contributed by atoms with van der Waals surface area (Å²) in [5.41, 5.74) is 6.03. The van der Waals surface area contributed by atoms with E-state index in [1.807, 2.05) is 0 Å². The molecule has 0 spiro atoms. The van der Waals surface area contributed by atoms with Gasteiger partial charge in [0.15, 0.2) is 0 Å². The minimum absolute atomic E-state index is 0.194. The van der Waals surface area contributed by atoms with Gasteiger partial charge in [0.05, 0.1) is 13.2 Å². The highest BCUT2D eigenvalue weighted by Crippen LogP contribution is 2.27. The van der Waals surface area contributed by atoms with Crippen molar-refractivity contribution in [2.24, 2.45) is 17.6 Å². The van der Waals surface area contributed by atoms with Gasteiger partial charge in [-0.2, -0.15) is 0 Å². The molecule has 0 aromatic heterocycles. The van der Waals surface area contributed by atoms with Gasteiger partial charge in [-0.25, -0.2) is 0 Å². The van der Waals surface area contributed by atoms with Crippen molar-refractivity contribution in [3.8, 4) is 0 Å². The molecule has 3 rings (SSSR count). The van der Waals surface area contributed by atoms with Crippen LogP contribution in [0.25, 0.3) is 0 Å². The van der Waals surface area contributed by atoms with Gasteiger partial charge in [0.25, 0.3) is 0 Å². The summed E-state index contributed by atoms with van der Waals surface area (Å²) in [6.45, 7) is 6.95. The van der Waals surface area contributed by atoms with E-state index in [4.69, 9.17) is 10.5 Å². The molecular weight excluding hydrogens is 278 g/mol. The van der Waals surface area contributed by atoms with E-state index in [0.717, 1.165) is 83.8 Å². The van der Waals surface area contributed by atoms with E-state index in [1.54, 1.807) is 0 Å². The maximum atomic E-state index is 12.6. The van der Waals surface area contributed by atoms with Crippen molar-refractivity contribution in [3.05, 3.63) is 0 Å². The third kappa shape index (κ3) is 4.21. The Morgan fingerprint density at radius 1 is 1.05 bits per heavy atom. The highest BCUT2D eigenvalue weighted by Gasteiger charge is 2.31. The van der Waals surface area contributed by atoms with Crippen molar-refractivity contribution >= 4 is 5.91 Å². The van der Waals surface area contributed by atoms with Crippen LogP contribution >= 0.6 is 0 Å². The van der Waals surface area contributed by atoms with E-state index in [1.165, 1.54) is 6.54 Å². The summed E-state index contributed by atoms with van der Waals surface area (Å²) in [4.78, 5) is 17.3. The maximum Gasteiger partial charge on any atom is 0.225 e. The van der Waals surface area contributed by atoms with Crippen molar-refractivity contribution in [2.75, 3.05) is 45.9 Å². The summed E-state index contributed by atoms with van der Waals surface area (Å²) in [5.74, 6) is 1.32. The number of carbonyl (C=O) groups excluding carboxylic acids is 1. The van der Waals surface area contributed by atoms with Crippen LogP contribution in [-0.2, 0) is 9.53 Å². The van der Waals surface area contributed by atoms with Crippen LogP contribution in [0.2, 0.25) is 0 Å². The molecule has 2 N–H and O–H groups in total. The quantitative estimate of drug-likeness (QED) is 0.847. The van der Waals surface area contributed by atoms with E-state index < -0.39 is 0 Å². The van der Waals surface area contributed by atoms with Gasteiger partial charge in [0, 0.05) is 44.7 Å². The molecule has 2 aliphatic heterocycles. The number of hydrogen-bond acceptors (Lipinski definition) is 4. The van der Waals surface area contributed by atoms with Gasteiger partial charge >= 0.3 is 0 Å². The molecule has 5 heteroatoms. The average Bonchev–Trinajstić information content (AvgIpc) is 2.56. The highest BCUT2D eigenvalue weighted by molar-refractivity contribution is 5.79. The number of hydrogen-bond donors (Lipinski definition) is 1. The average molecular weight is 309 g/mol. The Kier molecular flexibility index (Phi) is 5.71. The van der Waals surface area contributed by atoms with Crippen molar-refractivity contribution in [2.45, 2.75) is 44.6 Å². The first-order valence-electron chi connectivity index (χ1n) is 9.07. The molecule has 1 aliphatic carbocycles. The molecule has 3 fully saturated rings. The summed E-state index contributed by atoms with van der Waals surface area (Å²) in [6.07, 6.45) is 6.45. The van der Waals surface area contributed by atoms with Gasteiger partial charge in [-0.15, -0.1) is 0 Å². The topological polar surface area (TPSA) is 58.8 Å². The van der Waals surface area contributed by atoms with Gasteiger partial charge < -0.3 is 15.4 Å². The molecule has 1 saturated carbocycles. The molecule has 2 heterocycles. The molecule has 3 aliphatic rings. The Morgan fingerprint density at radius 3 is 2.45 bits per heavy atom. The summed E-state index contributed by atoms with van der Waals surface area (Å²) < 4.78 is 5.41. The second-order valence-corrected chi connectivity index (χ2v) is 7.31. The minimum atomic E-state index is 0.194. The first-order chi connectivity index (χ1) is 10.7. The first kappa shape index (κ1) is 16.2. The molecule has 2 atom stereocenters. The lowest BCUT2D eigenvalue weighted by Crippen LogP contribution is -2.46. The largest absolute Gasteiger partial charge is 0.379 e. The summed E-state index contributed by atoms with van der Waals surface area (Å²) in [6, 6.07) is 0.238. The van der Waals surface area contributed by atoms with Gasteiger partial charge in [0.2, 0.25) is 5.91 Å². The molecule has 2 unspecified atom stereocenters. The number of carbonyl (C=O) groups is 1. The van der Waals surface area contributed by atoms with Crippen LogP contribution < -0.4 is 5.73 Å². The standard InChI is InChI=1S/C17H31N3O2/c18-16-3-1-2-15(12-16)17(21)20-6-4-14(5-7-20)13-19-8-10-22-11-9-19/h14-16H,1-13,18H2. The van der Waals surface area contributed by atoms with E-state index >= 15 is 0 Å². The Hall–Kier alpha value is -0.650. The molecule has 126 valence electrons. The highest BCUT2D eigenvalue weighted by atomic mass is 16.5. The lowest BCUT2D eigenvalue weighted by molar-refractivity contribution is -0.138. The van der Waals surface area contributed by atoms with Crippen molar-refractivity contribution in [1.82, 2.24) is 9.80 Å². The predicted molar refractivity (Wildman–Crippen MR) is 86.5 cm³/mol. The number of ether oxygens (including phenoxy) is 1. The number of piperidine rings is 1. The van der Waals surface area contributed by atoms with Gasteiger partial charge in [0.1, 0.15) is 0 Å². The number of rotatable bonds is 3. The van der Waals surface area contributed by atoms with Gasteiger partial charge in [-0.3, -0.25) is 9.69 Å². The number of likely N-dealkylation sites (tertiary alicyclic amines) is 1. The fraction of sp³-hybridized carbons (Fsp3) is 0.941. The molecular formula is C17H31N3O2. The fourth-order valence-corrected chi connectivity index (χ4v) is 4.19. The number of nitrogens with two attached hydrogens (primary N) is 1. The zero-order valence-electron chi connectivity index (χ0n) is 13.7. The summed E-state index contributed by atoms with van der Waals surface area (Å²) >= 11 is 0. The second-order valence-electron chi connectivity index (χ2n) is 7.31. The third-order valence-electron chi connectivity index (χ3n) is 5.61. The molecule has 0 aromatic carbocycles. The zero-order chi connectivity index (χ0) is 15.4. The Bertz CT molecular complexity index is 363. The predicted octanol–water partition coefficient (Wildman–Crippen LogP) is 1.07. The normalized spacial score (nSPS) is 32.1. The number of nitrogens with zero attached hydrogens (tertiary/aromatic N) is 2. The lowest BCUT2D eigenvalue weighted by atomic mass is 9.84. The summed E-state index contributed by atoms with van der Waals surface area (Å²) in [5, 5.41) is 0. The smallest absolute Gasteiger partial charge is 0.225 e. The molecule has 0 bridgehead atoms. The molecule has 5 nitrogen and oxygen atoms in total. The molecule has 0 aromatic rings. The van der Waals surface area contributed by atoms with E-state index in [9.17, 15) is 4.79 Å². The Morgan fingerprint density at radius 2 is 1.77 bits per heavy atom. The van der Waals surface area contributed by atoms with Crippen LogP contribution in [0.4, 0.5) is 0 Å². The van der Waals surface area contributed by atoms with Crippen LogP contribution in [0.15, 0.2) is 0 Å². The van der Waals surface area contributed by atoms with Crippen LogP contribution in [-0.4, -0.2) is 67.7 Å². The van der Waals surface area contributed by atoms with Crippen molar-refractivity contribution < 1.29 is 9.53 Å².